The monoisotopic (exact) mass is 248 g/mol. The summed E-state index contributed by atoms with van der Waals surface area (Å²) >= 11 is 0. The van der Waals surface area contributed by atoms with Crippen LogP contribution in [-0.4, -0.2) is 25.3 Å². The van der Waals surface area contributed by atoms with Crippen molar-refractivity contribution in [3.63, 3.8) is 0 Å². The van der Waals surface area contributed by atoms with E-state index in [0.717, 1.165) is 13.0 Å². The molecule has 1 aromatic carbocycles. The van der Waals surface area contributed by atoms with Gasteiger partial charge >= 0.3 is 0 Å². The zero-order chi connectivity index (χ0) is 12.5. The summed E-state index contributed by atoms with van der Waals surface area (Å²) in [4.78, 5) is 3.46. The lowest BCUT2D eigenvalue weighted by Crippen LogP contribution is -2.15. The highest BCUT2D eigenvalue weighted by atomic mass is 32.2. The van der Waals surface area contributed by atoms with Crippen LogP contribution in [0.25, 0.3) is 0 Å². The molecule has 0 bridgehead atoms. The average molecular weight is 248 g/mol. The Morgan fingerprint density at radius 3 is 2.35 bits per heavy atom. The van der Waals surface area contributed by atoms with Gasteiger partial charge in [0.1, 0.15) is 0 Å². The molecule has 0 aromatic heterocycles. The molecule has 1 aliphatic rings. The second-order valence-corrected chi connectivity index (χ2v) is 7.05. The third kappa shape index (κ3) is 2.40. The molecule has 0 radical (unpaired) electrons. The lowest BCUT2D eigenvalue weighted by molar-refractivity contribution is 0.956. The summed E-state index contributed by atoms with van der Waals surface area (Å²) in [5.41, 5.74) is 2.44. The molecule has 1 saturated heterocycles. The van der Waals surface area contributed by atoms with Gasteiger partial charge in [-0.25, -0.2) is 0 Å². The second-order valence-electron chi connectivity index (χ2n) is 4.40. The summed E-state index contributed by atoms with van der Waals surface area (Å²) < 4.78 is 3.19. The average Bonchev–Trinajstić information content (AvgIpc) is 2.76. The maximum Gasteiger partial charge on any atom is 0.0408 e. The zero-order valence-corrected chi connectivity index (χ0v) is 11.2. The quantitative estimate of drug-likeness (QED) is 0.827. The van der Waals surface area contributed by atoms with Gasteiger partial charge < -0.3 is 4.90 Å². The minimum atomic E-state index is -1.34. The van der Waals surface area contributed by atoms with Crippen LogP contribution in [0.4, 0.5) is 5.69 Å². The minimum Gasteiger partial charge on any atom is -0.346 e. The molecule has 1 aromatic rings. The molecule has 0 atom stereocenters. The summed E-state index contributed by atoms with van der Waals surface area (Å²) in [7, 11) is 0.565. The Labute approximate surface area is 105 Å². The Morgan fingerprint density at radius 2 is 1.88 bits per heavy atom. The number of nitrogens with one attached hydrogen (secondary N) is 1. The van der Waals surface area contributed by atoms with Gasteiger partial charge in [-0.15, -0.1) is 9.39 Å². The summed E-state index contributed by atoms with van der Waals surface area (Å²) in [5, 5.41) is 0. The van der Waals surface area contributed by atoms with Crippen molar-refractivity contribution >= 4 is 26.8 Å². The van der Waals surface area contributed by atoms with Crippen LogP contribution >= 0.6 is 9.39 Å². The van der Waals surface area contributed by atoms with Gasteiger partial charge in [0.25, 0.3) is 0 Å². The van der Waals surface area contributed by atoms with Crippen LogP contribution in [0.2, 0.25) is 0 Å². The van der Waals surface area contributed by atoms with Crippen LogP contribution in [0.5, 0.6) is 0 Å². The topological polar surface area (TPSA) is 15.3 Å². The van der Waals surface area contributed by atoms with E-state index in [1.165, 1.54) is 22.7 Å². The van der Waals surface area contributed by atoms with E-state index in [9.17, 15) is 0 Å². The first-order valence-corrected chi connectivity index (χ1v) is 7.75. The Balaban J connectivity index is 2.27. The molecule has 0 spiro atoms. The van der Waals surface area contributed by atoms with Gasteiger partial charge in [0.05, 0.1) is 0 Å². The number of allylic oxidation sites excluding steroid dienone is 1. The fourth-order valence-electron chi connectivity index (χ4n) is 2.05. The van der Waals surface area contributed by atoms with Gasteiger partial charge in [0.2, 0.25) is 0 Å². The van der Waals surface area contributed by atoms with E-state index in [2.05, 4.69) is 52.2 Å². The normalized spacial score (nSPS) is 16.5. The maximum atomic E-state index is 4.13. The lowest BCUT2D eigenvalue weighted by Gasteiger charge is -2.21. The third-order valence-electron chi connectivity index (χ3n) is 3.22. The van der Waals surface area contributed by atoms with Crippen LogP contribution in [-0.2, 0) is 0 Å². The van der Waals surface area contributed by atoms with Gasteiger partial charge in [0.15, 0.2) is 0 Å². The van der Waals surface area contributed by atoms with E-state index in [-0.39, 0.29) is 0 Å². The molecule has 1 heterocycles. The van der Waals surface area contributed by atoms with Crippen molar-refractivity contribution in [3.05, 3.63) is 36.5 Å². The van der Waals surface area contributed by atoms with Crippen molar-refractivity contribution in [3.8, 4) is 0 Å². The molecule has 3 heteroatoms. The van der Waals surface area contributed by atoms with Gasteiger partial charge in [-0.05, 0) is 44.2 Å². The first-order valence-electron chi connectivity index (χ1n) is 5.78. The summed E-state index contributed by atoms with van der Waals surface area (Å²) in [6, 6.07) is 8.52. The van der Waals surface area contributed by atoms with E-state index in [4.69, 9.17) is 0 Å². The molecule has 2 rings (SSSR count). The van der Waals surface area contributed by atoms with E-state index >= 15 is 0 Å². The minimum absolute atomic E-state index is 1.08. The number of hydrogen-bond acceptors (Lipinski definition) is 2. The predicted molar refractivity (Wildman–Crippen MR) is 81.3 cm³/mol. The van der Waals surface area contributed by atoms with Gasteiger partial charge in [-0.3, -0.25) is 4.72 Å². The second kappa shape index (κ2) is 4.59. The molecular weight excluding hydrogens is 228 g/mol. The zero-order valence-electron chi connectivity index (χ0n) is 10.4. The predicted octanol–water partition coefficient (Wildman–Crippen LogP) is 2.96. The van der Waals surface area contributed by atoms with Crippen molar-refractivity contribution in [1.29, 1.82) is 0 Å². The van der Waals surface area contributed by atoms with E-state index in [1.807, 2.05) is 7.05 Å². The Morgan fingerprint density at radius 1 is 1.24 bits per heavy atom. The van der Waals surface area contributed by atoms with Crippen LogP contribution in [0.3, 0.4) is 0 Å². The molecule has 0 amide bonds. The first kappa shape index (κ1) is 12.3. The molecule has 92 valence electrons. The van der Waals surface area contributed by atoms with Crippen molar-refractivity contribution < 1.29 is 0 Å². The number of anilines is 1. The van der Waals surface area contributed by atoms with E-state index in [0.29, 0.717) is 0 Å². The Bertz CT molecular complexity index is 512. The van der Waals surface area contributed by atoms with Crippen molar-refractivity contribution in [1.82, 2.24) is 4.72 Å². The van der Waals surface area contributed by atoms with Crippen LogP contribution in [0, 0.1) is 0 Å². The largest absolute Gasteiger partial charge is 0.346 e. The smallest absolute Gasteiger partial charge is 0.0408 e. The maximum absolute atomic E-state index is 4.13. The van der Waals surface area contributed by atoms with Crippen molar-refractivity contribution in [2.75, 3.05) is 18.5 Å². The summed E-state index contributed by atoms with van der Waals surface area (Å²) in [6.07, 6.45) is 2.31. The molecule has 1 N–H and O–H groups in total. The molecule has 2 nitrogen and oxygen atoms in total. The van der Waals surface area contributed by atoms with Crippen molar-refractivity contribution in [2.24, 2.45) is 0 Å². The fraction of sp³-hybridized carbons (Fsp3) is 0.286. The van der Waals surface area contributed by atoms with Gasteiger partial charge in [-0.1, -0.05) is 18.3 Å². The number of hydrogen-bond donors (Lipinski definition) is 1. The first-order chi connectivity index (χ1) is 8.04. The molecule has 0 saturated carbocycles. The van der Waals surface area contributed by atoms with Gasteiger partial charge in [0, 0.05) is 22.8 Å². The van der Waals surface area contributed by atoms with Crippen LogP contribution in [0.1, 0.15) is 12.8 Å². The van der Waals surface area contributed by atoms with Crippen LogP contribution < -0.4 is 9.62 Å². The number of benzene rings is 1. The summed E-state index contributed by atoms with van der Waals surface area (Å²) in [6.45, 7) is 5.17. The van der Waals surface area contributed by atoms with Crippen molar-refractivity contribution in [2.45, 2.75) is 17.7 Å². The van der Waals surface area contributed by atoms with E-state index < -0.39 is 9.39 Å². The fourth-order valence-corrected chi connectivity index (χ4v) is 2.94. The Hall–Kier alpha value is -1.19. The third-order valence-corrected chi connectivity index (χ3v) is 5.18. The highest BCUT2D eigenvalue weighted by Gasteiger charge is 2.16. The molecule has 1 aliphatic heterocycles. The lowest BCUT2D eigenvalue weighted by atomic mass is 10.3. The molecular formula is C14H20N2S. The SMILES string of the molecule is C=C1CCCN1c1ccc(S(=C)(=C)NC)cc1. The number of rotatable bonds is 3. The molecule has 0 unspecified atom stereocenters. The standard InChI is InChI=1S/C14H20N2S/c1-12-6-5-11-16(12)13-7-9-14(10-8-13)17(3,4)15-2/h7-10,15H,1,3-6,11H2,2H3. The highest BCUT2D eigenvalue weighted by Crippen LogP contribution is 2.32. The summed E-state index contributed by atoms with van der Waals surface area (Å²) in [5.74, 6) is 8.26. The molecule has 17 heavy (non-hydrogen) atoms. The van der Waals surface area contributed by atoms with Crippen LogP contribution in [0.15, 0.2) is 41.4 Å². The Kier molecular flexibility index (Phi) is 3.31. The number of nitrogens with zero attached hydrogens (tertiary/aromatic N) is 1. The van der Waals surface area contributed by atoms with Gasteiger partial charge in [-0.2, -0.15) is 0 Å². The highest BCUT2D eigenvalue weighted by molar-refractivity contribution is 8.26. The molecule has 0 aliphatic carbocycles. The molecule has 1 fully saturated rings. The van der Waals surface area contributed by atoms with E-state index in [1.54, 1.807) is 0 Å².